The molecule has 9 amide bonds. The van der Waals surface area contributed by atoms with Gasteiger partial charge in [-0.3, -0.25) is 43.2 Å². The molecule has 0 spiro atoms. The van der Waals surface area contributed by atoms with Crippen LogP contribution in [0.25, 0.3) is 0 Å². The first-order chi connectivity index (χ1) is 42.4. The van der Waals surface area contributed by atoms with E-state index in [1.54, 1.807) is 71.9 Å². The molecular formula is C63H107N15O11. The number of aliphatic carboxylic acids is 1. The Labute approximate surface area is 525 Å². The van der Waals surface area contributed by atoms with Gasteiger partial charge >= 0.3 is 5.97 Å². The molecule has 0 saturated heterocycles. The maximum atomic E-state index is 14.7. The van der Waals surface area contributed by atoms with E-state index < -0.39 is 137 Å². The molecule has 0 fully saturated rings. The number of hydrogen-bond acceptors (Lipinski definition) is 16. The highest BCUT2D eigenvalue weighted by Gasteiger charge is 2.37. The molecule has 0 radical (unpaired) electrons. The van der Waals surface area contributed by atoms with Gasteiger partial charge in [0.1, 0.15) is 54.4 Å². The van der Waals surface area contributed by atoms with Gasteiger partial charge in [0.15, 0.2) is 0 Å². The summed E-state index contributed by atoms with van der Waals surface area (Å²) in [5.41, 5.74) is 36.6. The van der Waals surface area contributed by atoms with Crippen LogP contribution in [0.15, 0.2) is 60.7 Å². The molecule has 0 heterocycles. The van der Waals surface area contributed by atoms with Crippen LogP contribution < -0.4 is 82.3 Å². The third kappa shape index (κ3) is 29.8. The van der Waals surface area contributed by atoms with Crippen molar-refractivity contribution in [3.05, 3.63) is 71.8 Å². The molecular weight excluding hydrogens is 1140 g/mol. The van der Waals surface area contributed by atoms with Crippen molar-refractivity contribution in [1.29, 1.82) is 0 Å². The van der Waals surface area contributed by atoms with E-state index in [0.717, 1.165) is 5.56 Å². The van der Waals surface area contributed by atoms with Crippen molar-refractivity contribution in [3.63, 3.8) is 0 Å². The van der Waals surface area contributed by atoms with E-state index in [1.165, 1.54) is 0 Å². The smallest absolute Gasteiger partial charge is 0.326 e. The Morgan fingerprint density at radius 1 is 0.326 bits per heavy atom. The largest absolute Gasteiger partial charge is 0.480 e. The number of nitrogens with one attached hydrogen (secondary N) is 9. The first kappa shape index (κ1) is 78.0. The maximum Gasteiger partial charge on any atom is 0.326 e. The van der Waals surface area contributed by atoms with Gasteiger partial charge < -0.3 is 87.4 Å². The Bertz CT molecular complexity index is 2470. The molecule has 89 heavy (non-hydrogen) atoms. The number of carbonyl (C=O) groups is 10. The highest BCUT2D eigenvalue weighted by atomic mass is 16.4. The number of hydrogen-bond donors (Lipinski definition) is 16. The topological polar surface area (TPSA) is 455 Å². The second kappa shape index (κ2) is 43.5. The van der Waals surface area contributed by atoms with Crippen LogP contribution in [-0.4, -0.2) is 157 Å². The molecule has 10 atom stereocenters. The maximum absolute atomic E-state index is 14.7. The van der Waals surface area contributed by atoms with Crippen molar-refractivity contribution in [2.45, 2.75) is 211 Å². The van der Waals surface area contributed by atoms with Crippen LogP contribution in [-0.2, 0) is 60.8 Å². The summed E-state index contributed by atoms with van der Waals surface area (Å²) in [7, 11) is 0. The molecule has 0 aliphatic carbocycles. The van der Waals surface area contributed by atoms with Crippen LogP contribution in [0, 0.1) is 17.8 Å². The molecule has 0 unspecified atom stereocenters. The Hall–Kier alpha value is -7.10. The highest BCUT2D eigenvalue weighted by molar-refractivity contribution is 5.98. The molecule has 26 heteroatoms. The summed E-state index contributed by atoms with van der Waals surface area (Å²) in [5, 5.41) is 34.6. The van der Waals surface area contributed by atoms with E-state index >= 15 is 0 Å². The third-order valence-corrected chi connectivity index (χ3v) is 15.2. The van der Waals surface area contributed by atoms with Gasteiger partial charge in [0, 0.05) is 6.42 Å². The molecule has 500 valence electrons. The Kier molecular flexibility index (Phi) is 38.2. The summed E-state index contributed by atoms with van der Waals surface area (Å²) in [6.45, 7) is 11.7. The lowest BCUT2D eigenvalue weighted by atomic mass is 9.99. The molecule has 0 aliphatic rings. The first-order valence-electron chi connectivity index (χ1n) is 31.7. The molecule has 0 saturated carbocycles. The molecule has 2 aromatic rings. The lowest BCUT2D eigenvalue weighted by Gasteiger charge is -2.30. The predicted octanol–water partition coefficient (Wildman–Crippen LogP) is -0.140. The van der Waals surface area contributed by atoms with Gasteiger partial charge in [0.2, 0.25) is 53.2 Å². The van der Waals surface area contributed by atoms with Crippen molar-refractivity contribution in [1.82, 2.24) is 47.9 Å². The van der Waals surface area contributed by atoms with Crippen LogP contribution in [0.4, 0.5) is 0 Å². The minimum Gasteiger partial charge on any atom is -0.480 e. The average molecular weight is 1250 g/mol. The molecule has 0 bridgehead atoms. The van der Waals surface area contributed by atoms with Gasteiger partial charge in [-0.05, 0) is 164 Å². The van der Waals surface area contributed by atoms with Gasteiger partial charge in [-0.1, -0.05) is 102 Å². The van der Waals surface area contributed by atoms with Crippen molar-refractivity contribution in [2.75, 3.05) is 32.7 Å². The van der Waals surface area contributed by atoms with E-state index in [2.05, 4.69) is 47.9 Å². The zero-order valence-electron chi connectivity index (χ0n) is 53.3. The van der Waals surface area contributed by atoms with Gasteiger partial charge in [-0.2, -0.15) is 0 Å². The summed E-state index contributed by atoms with van der Waals surface area (Å²) in [6, 6.07) is 5.96. The normalized spacial score (nSPS) is 14.7. The fraction of sp³-hybridized carbons (Fsp3) is 0.651. The number of amides is 9. The average Bonchev–Trinajstić information content (AvgIpc) is 2.23. The van der Waals surface area contributed by atoms with E-state index in [9.17, 15) is 53.1 Å². The standard InChI is InChI=1S/C63H107N15O11/c1-39(2)51(76-56(81)46(28-14-19-33-65)70-54(79)44(69)37-42-23-9-7-10-24-42)60(85)72-45(27-13-18-32-64)55(80)75-50(38-43-25-11-8-12-26-43)59(84)71-47(29-15-20-34-66)57(82)77-52(40(3)4)61(86)73-48(30-16-21-35-67)58(83)78-53(41(5)6)62(87)74-49(63(88)89)31-17-22-36-68/h7-12,23-26,39-41,44-53H,13-22,27-38,64-69H2,1-6H3,(H,70,79)(H,71,84)(H,72,85)(H,73,86)(H,74,87)(H,75,80)(H,76,81)(H,77,82)(H,78,83)(H,88,89)/t44-,45-,46-,47-,48-,49-,50-,51-,52-,53-/m0/s1. The van der Waals surface area contributed by atoms with Gasteiger partial charge in [-0.15, -0.1) is 0 Å². The SMILES string of the molecule is CC(C)[C@H](NC(=O)[C@H](CCCCN)NC(=O)[C@@H](NC(=O)[C@H](CCCCN)NC(=O)[C@H](Cc1ccccc1)NC(=O)[C@H](CCCCN)NC(=O)[C@@H](NC(=O)[C@H](CCCCN)NC(=O)[C@@H](N)Cc1ccccc1)C(C)C)C(C)C)C(=O)N[C@@H](CCCCN)C(=O)O. The van der Waals surface area contributed by atoms with Crippen molar-refractivity contribution < 1.29 is 53.1 Å². The van der Waals surface area contributed by atoms with E-state index in [1.807, 2.05) is 30.3 Å². The summed E-state index contributed by atoms with van der Waals surface area (Å²) >= 11 is 0. The van der Waals surface area contributed by atoms with Crippen molar-refractivity contribution in [2.24, 2.45) is 52.2 Å². The molecule has 2 rings (SSSR count). The monoisotopic (exact) mass is 1250 g/mol. The number of carboxylic acids is 1. The molecule has 0 aliphatic heterocycles. The van der Waals surface area contributed by atoms with Crippen LogP contribution in [0.1, 0.15) is 149 Å². The van der Waals surface area contributed by atoms with Gasteiger partial charge in [0.25, 0.3) is 0 Å². The van der Waals surface area contributed by atoms with Crippen LogP contribution in [0.5, 0.6) is 0 Å². The number of carbonyl (C=O) groups excluding carboxylic acids is 9. The van der Waals surface area contributed by atoms with Crippen LogP contribution in [0.2, 0.25) is 0 Å². The zero-order chi connectivity index (χ0) is 66.4. The van der Waals surface area contributed by atoms with Crippen molar-refractivity contribution >= 4 is 59.1 Å². The number of rotatable bonds is 46. The Morgan fingerprint density at radius 2 is 0.573 bits per heavy atom. The molecule has 2 aromatic carbocycles. The summed E-state index contributed by atoms with van der Waals surface area (Å²) in [6.07, 6.45) is 5.36. The summed E-state index contributed by atoms with van der Waals surface area (Å²) in [5.74, 6) is -9.19. The van der Waals surface area contributed by atoms with E-state index in [4.69, 9.17) is 34.4 Å². The van der Waals surface area contributed by atoms with Gasteiger partial charge in [-0.25, -0.2) is 4.79 Å². The quantitative estimate of drug-likeness (QED) is 0.0384. The number of nitrogens with two attached hydrogens (primary N) is 6. The second-order valence-corrected chi connectivity index (χ2v) is 23.8. The fourth-order valence-corrected chi connectivity index (χ4v) is 9.79. The highest BCUT2D eigenvalue weighted by Crippen LogP contribution is 2.15. The van der Waals surface area contributed by atoms with Crippen LogP contribution >= 0.6 is 0 Å². The minimum absolute atomic E-state index is 0.0594. The van der Waals surface area contributed by atoms with Crippen LogP contribution in [0.3, 0.4) is 0 Å². The van der Waals surface area contributed by atoms with E-state index in [0.29, 0.717) is 82.9 Å². The summed E-state index contributed by atoms with van der Waals surface area (Å²) < 4.78 is 0. The Balaban J connectivity index is 2.47. The second-order valence-electron chi connectivity index (χ2n) is 23.8. The number of carboxylic acid groups (broad SMARTS) is 1. The number of benzene rings is 2. The van der Waals surface area contributed by atoms with Crippen molar-refractivity contribution in [3.8, 4) is 0 Å². The predicted molar refractivity (Wildman–Crippen MR) is 342 cm³/mol. The fourth-order valence-electron chi connectivity index (χ4n) is 9.79. The first-order valence-corrected chi connectivity index (χ1v) is 31.7. The molecule has 0 aromatic heterocycles. The molecule has 26 nitrogen and oxygen atoms in total. The van der Waals surface area contributed by atoms with E-state index in [-0.39, 0.29) is 64.6 Å². The van der Waals surface area contributed by atoms with Gasteiger partial charge in [0.05, 0.1) is 6.04 Å². The summed E-state index contributed by atoms with van der Waals surface area (Å²) in [4.78, 5) is 140. The zero-order valence-corrected chi connectivity index (χ0v) is 53.3. The third-order valence-electron chi connectivity index (χ3n) is 15.2. The lowest BCUT2D eigenvalue weighted by molar-refractivity contribution is -0.143. The Morgan fingerprint density at radius 3 is 0.876 bits per heavy atom. The minimum atomic E-state index is -1.34. The number of unbranched alkanes of at least 4 members (excludes halogenated alkanes) is 5. The lowest BCUT2D eigenvalue weighted by Crippen LogP contribution is -2.61. The molecule has 22 N–H and O–H groups in total.